The van der Waals surface area contributed by atoms with Crippen LogP contribution >= 0.6 is 0 Å². The largest absolute Gasteiger partial charge is 0.273 e. The molecule has 1 aromatic carbocycles. The number of nitrogens with zero attached hydrogens (tertiary/aromatic N) is 1. The highest BCUT2D eigenvalue weighted by molar-refractivity contribution is 5.93. The first-order valence-electron chi connectivity index (χ1n) is 4.67. The van der Waals surface area contributed by atoms with Gasteiger partial charge in [0.1, 0.15) is 0 Å². The molecular formula is C11H16N2O. The SMILES string of the molecule is Cc1cccc(N(N)C(=O)C(C)C)c1. The van der Waals surface area contributed by atoms with E-state index in [1.807, 2.05) is 45.0 Å². The predicted octanol–water partition coefficient (Wildman–Crippen LogP) is 1.86. The standard InChI is InChI=1S/C11H16N2O/c1-8(2)11(14)13(12)10-6-4-5-9(3)7-10/h4-8H,12H2,1-3H3. The van der Waals surface area contributed by atoms with Gasteiger partial charge in [-0.3, -0.25) is 4.79 Å². The molecule has 0 aliphatic carbocycles. The minimum atomic E-state index is -0.0829. The van der Waals surface area contributed by atoms with E-state index in [0.29, 0.717) is 0 Å². The Hall–Kier alpha value is -1.35. The molecule has 0 unspecified atom stereocenters. The number of hydrogen-bond acceptors (Lipinski definition) is 2. The van der Waals surface area contributed by atoms with Gasteiger partial charge in [-0.2, -0.15) is 0 Å². The number of carbonyl (C=O) groups is 1. The van der Waals surface area contributed by atoms with Gasteiger partial charge >= 0.3 is 0 Å². The zero-order valence-electron chi connectivity index (χ0n) is 8.82. The molecule has 1 rings (SSSR count). The van der Waals surface area contributed by atoms with Gasteiger partial charge in [0.25, 0.3) is 0 Å². The molecule has 0 aromatic heterocycles. The molecule has 0 heterocycles. The minimum Gasteiger partial charge on any atom is -0.273 e. The van der Waals surface area contributed by atoms with Crippen LogP contribution in [-0.4, -0.2) is 5.91 Å². The molecule has 0 aliphatic rings. The second-order valence-electron chi connectivity index (χ2n) is 3.70. The number of anilines is 1. The van der Waals surface area contributed by atoms with Gasteiger partial charge in [0.2, 0.25) is 5.91 Å². The van der Waals surface area contributed by atoms with Gasteiger partial charge in [0.05, 0.1) is 5.69 Å². The summed E-state index contributed by atoms with van der Waals surface area (Å²) in [4.78, 5) is 11.6. The molecule has 1 amide bonds. The molecule has 14 heavy (non-hydrogen) atoms. The van der Waals surface area contributed by atoms with Crippen molar-refractivity contribution in [2.24, 2.45) is 11.8 Å². The summed E-state index contributed by atoms with van der Waals surface area (Å²) in [6.07, 6.45) is 0. The second-order valence-corrected chi connectivity index (χ2v) is 3.70. The summed E-state index contributed by atoms with van der Waals surface area (Å²) in [6.45, 7) is 5.63. The van der Waals surface area contributed by atoms with E-state index in [2.05, 4.69) is 0 Å². The van der Waals surface area contributed by atoms with Crippen LogP contribution in [0.25, 0.3) is 0 Å². The van der Waals surface area contributed by atoms with E-state index in [1.165, 1.54) is 5.01 Å². The van der Waals surface area contributed by atoms with Gasteiger partial charge in [0.15, 0.2) is 0 Å². The zero-order chi connectivity index (χ0) is 10.7. The summed E-state index contributed by atoms with van der Waals surface area (Å²) >= 11 is 0. The molecule has 0 saturated heterocycles. The van der Waals surface area contributed by atoms with Crippen LogP contribution in [-0.2, 0) is 4.79 Å². The van der Waals surface area contributed by atoms with Crippen molar-refractivity contribution in [2.45, 2.75) is 20.8 Å². The molecule has 0 spiro atoms. The molecule has 0 bridgehead atoms. The Bertz CT molecular complexity index is 334. The Balaban J connectivity index is 2.89. The van der Waals surface area contributed by atoms with Crippen molar-refractivity contribution < 1.29 is 4.79 Å². The second kappa shape index (κ2) is 4.24. The molecule has 0 aliphatic heterocycles. The average Bonchev–Trinajstić information content (AvgIpc) is 2.15. The maximum Gasteiger partial charge on any atom is 0.243 e. The average molecular weight is 192 g/mol. The molecule has 0 saturated carbocycles. The monoisotopic (exact) mass is 192 g/mol. The van der Waals surface area contributed by atoms with E-state index in [4.69, 9.17) is 5.84 Å². The van der Waals surface area contributed by atoms with E-state index in [9.17, 15) is 4.79 Å². The lowest BCUT2D eigenvalue weighted by Crippen LogP contribution is -2.40. The van der Waals surface area contributed by atoms with Gasteiger partial charge in [-0.05, 0) is 24.6 Å². The highest BCUT2D eigenvalue weighted by atomic mass is 16.2. The quantitative estimate of drug-likeness (QED) is 0.441. The van der Waals surface area contributed by atoms with Crippen molar-refractivity contribution in [3.63, 3.8) is 0 Å². The fourth-order valence-corrected chi connectivity index (χ4v) is 1.18. The number of hydrazine groups is 1. The molecule has 3 heteroatoms. The first-order valence-corrected chi connectivity index (χ1v) is 4.67. The van der Waals surface area contributed by atoms with E-state index >= 15 is 0 Å². The zero-order valence-corrected chi connectivity index (χ0v) is 8.82. The summed E-state index contributed by atoms with van der Waals surface area (Å²) < 4.78 is 0. The van der Waals surface area contributed by atoms with Gasteiger partial charge in [-0.15, -0.1) is 0 Å². The maximum atomic E-state index is 11.6. The van der Waals surface area contributed by atoms with E-state index in [-0.39, 0.29) is 11.8 Å². The summed E-state index contributed by atoms with van der Waals surface area (Å²) in [5.41, 5.74) is 1.83. The normalized spacial score (nSPS) is 10.4. The molecule has 2 N–H and O–H groups in total. The number of benzene rings is 1. The van der Waals surface area contributed by atoms with Crippen molar-refractivity contribution in [3.8, 4) is 0 Å². The number of hydrogen-bond donors (Lipinski definition) is 1. The Morgan fingerprint density at radius 2 is 2.07 bits per heavy atom. The Kier molecular flexibility index (Phi) is 3.25. The highest BCUT2D eigenvalue weighted by Gasteiger charge is 2.14. The molecule has 0 atom stereocenters. The van der Waals surface area contributed by atoms with E-state index < -0.39 is 0 Å². The van der Waals surface area contributed by atoms with Crippen LogP contribution in [0.4, 0.5) is 5.69 Å². The first kappa shape index (κ1) is 10.7. The molecule has 1 aromatic rings. The van der Waals surface area contributed by atoms with Gasteiger partial charge < -0.3 is 0 Å². The van der Waals surface area contributed by atoms with Gasteiger partial charge in [-0.25, -0.2) is 10.9 Å². The van der Waals surface area contributed by atoms with E-state index in [1.54, 1.807) is 0 Å². The molecule has 0 radical (unpaired) electrons. The van der Waals surface area contributed by atoms with Crippen LogP contribution in [0.15, 0.2) is 24.3 Å². The van der Waals surface area contributed by atoms with Gasteiger partial charge in [-0.1, -0.05) is 26.0 Å². The maximum absolute atomic E-state index is 11.6. The Morgan fingerprint density at radius 1 is 1.43 bits per heavy atom. The van der Waals surface area contributed by atoms with Crippen LogP contribution in [0.5, 0.6) is 0 Å². The highest BCUT2D eigenvalue weighted by Crippen LogP contribution is 2.14. The lowest BCUT2D eigenvalue weighted by Gasteiger charge is -2.18. The molecular weight excluding hydrogens is 176 g/mol. The summed E-state index contributed by atoms with van der Waals surface area (Å²) in [5.74, 6) is 5.54. The topological polar surface area (TPSA) is 46.3 Å². The third kappa shape index (κ3) is 2.33. The smallest absolute Gasteiger partial charge is 0.243 e. The fourth-order valence-electron chi connectivity index (χ4n) is 1.18. The van der Waals surface area contributed by atoms with Crippen LogP contribution in [0.1, 0.15) is 19.4 Å². The number of aryl methyl sites for hydroxylation is 1. The van der Waals surface area contributed by atoms with Gasteiger partial charge in [0, 0.05) is 5.92 Å². The van der Waals surface area contributed by atoms with Crippen molar-refractivity contribution in [3.05, 3.63) is 29.8 Å². The number of nitrogens with two attached hydrogens (primary N) is 1. The van der Waals surface area contributed by atoms with Crippen molar-refractivity contribution in [1.82, 2.24) is 0 Å². The van der Waals surface area contributed by atoms with Crippen LogP contribution in [0, 0.1) is 12.8 Å². The molecule has 0 fully saturated rings. The fraction of sp³-hybridized carbons (Fsp3) is 0.364. The third-order valence-corrected chi connectivity index (χ3v) is 2.01. The summed E-state index contributed by atoms with van der Waals surface area (Å²) in [5, 5.41) is 1.21. The number of rotatable bonds is 2. The molecule has 76 valence electrons. The lowest BCUT2D eigenvalue weighted by atomic mass is 10.1. The van der Waals surface area contributed by atoms with Crippen molar-refractivity contribution in [1.29, 1.82) is 0 Å². The number of amides is 1. The Labute approximate surface area is 84.5 Å². The van der Waals surface area contributed by atoms with E-state index in [0.717, 1.165) is 11.3 Å². The van der Waals surface area contributed by atoms with Crippen LogP contribution in [0.2, 0.25) is 0 Å². The summed E-state index contributed by atoms with van der Waals surface area (Å²) in [7, 11) is 0. The predicted molar refractivity (Wildman–Crippen MR) is 57.7 cm³/mol. The Morgan fingerprint density at radius 3 is 2.57 bits per heavy atom. The lowest BCUT2D eigenvalue weighted by molar-refractivity contribution is -0.121. The molecule has 3 nitrogen and oxygen atoms in total. The minimum absolute atomic E-state index is 0.0735. The number of carbonyl (C=O) groups excluding carboxylic acids is 1. The van der Waals surface area contributed by atoms with Crippen molar-refractivity contribution >= 4 is 11.6 Å². The van der Waals surface area contributed by atoms with Crippen LogP contribution in [0.3, 0.4) is 0 Å². The van der Waals surface area contributed by atoms with Crippen molar-refractivity contribution in [2.75, 3.05) is 5.01 Å². The summed E-state index contributed by atoms with van der Waals surface area (Å²) in [6, 6.07) is 7.57. The first-order chi connectivity index (χ1) is 6.52. The third-order valence-electron chi connectivity index (χ3n) is 2.01. The van der Waals surface area contributed by atoms with Crippen LogP contribution < -0.4 is 10.9 Å².